The van der Waals surface area contributed by atoms with Crippen LogP contribution in [0.1, 0.15) is 12.8 Å². The molecule has 0 unspecified atom stereocenters. The molecule has 0 radical (unpaired) electrons. The summed E-state index contributed by atoms with van der Waals surface area (Å²) in [4.78, 5) is 12.2. The standard InChI is InChI=1S/C8H14FNO2/c9-5-7-1-3-10(6-7)4-2-8(11)12/h7H,1-6H2,(H,11,12)/t7-/m1/s1. The van der Waals surface area contributed by atoms with Gasteiger partial charge in [0, 0.05) is 19.0 Å². The SMILES string of the molecule is O=C(O)CCN1CC[C@H](CF)C1. The number of rotatable bonds is 4. The molecule has 1 N–H and O–H groups in total. The third-order valence-electron chi connectivity index (χ3n) is 2.23. The lowest BCUT2D eigenvalue weighted by Gasteiger charge is -2.12. The summed E-state index contributed by atoms with van der Waals surface area (Å²) in [6, 6.07) is 0. The van der Waals surface area contributed by atoms with Gasteiger partial charge in [-0.05, 0) is 13.0 Å². The van der Waals surface area contributed by atoms with Crippen LogP contribution in [0.3, 0.4) is 0 Å². The third kappa shape index (κ3) is 2.77. The Balaban J connectivity index is 2.15. The molecule has 1 aliphatic heterocycles. The fourth-order valence-electron chi connectivity index (χ4n) is 1.50. The predicted molar refractivity (Wildman–Crippen MR) is 42.8 cm³/mol. The van der Waals surface area contributed by atoms with Gasteiger partial charge in [-0.3, -0.25) is 9.18 Å². The van der Waals surface area contributed by atoms with Crippen molar-refractivity contribution in [1.29, 1.82) is 0 Å². The molecule has 0 aromatic carbocycles. The summed E-state index contributed by atoms with van der Waals surface area (Å²) in [5, 5.41) is 8.40. The number of carboxylic acid groups (broad SMARTS) is 1. The normalized spacial score (nSPS) is 24.6. The van der Waals surface area contributed by atoms with Crippen molar-refractivity contribution in [2.75, 3.05) is 26.3 Å². The van der Waals surface area contributed by atoms with E-state index in [-0.39, 0.29) is 19.0 Å². The molecule has 0 bridgehead atoms. The van der Waals surface area contributed by atoms with Crippen LogP contribution in [-0.2, 0) is 4.79 Å². The number of hydrogen-bond donors (Lipinski definition) is 1. The van der Waals surface area contributed by atoms with Gasteiger partial charge in [-0.2, -0.15) is 0 Å². The van der Waals surface area contributed by atoms with Gasteiger partial charge in [-0.1, -0.05) is 0 Å². The number of halogens is 1. The number of aliphatic carboxylic acids is 1. The van der Waals surface area contributed by atoms with Gasteiger partial charge in [0.1, 0.15) is 0 Å². The molecule has 1 aliphatic rings. The monoisotopic (exact) mass is 175 g/mol. The Kier molecular flexibility index (Phi) is 3.47. The minimum Gasteiger partial charge on any atom is -0.481 e. The summed E-state index contributed by atoms with van der Waals surface area (Å²) >= 11 is 0. The van der Waals surface area contributed by atoms with E-state index in [9.17, 15) is 9.18 Å². The van der Waals surface area contributed by atoms with Gasteiger partial charge in [-0.25, -0.2) is 0 Å². The van der Waals surface area contributed by atoms with Gasteiger partial charge in [0.2, 0.25) is 0 Å². The molecule has 0 saturated carbocycles. The van der Waals surface area contributed by atoms with E-state index in [1.165, 1.54) is 0 Å². The summed E-state index contributed by atoms with van der Waals surface area (Å²) in [7, 11) is 0. The molecule has 12 heavy (non-hydrogen) atoms. The maximum atomic E-state index is 12.1. The van der Waals surface area contributed by atoms with Crippen molar-refractivity contribution in [2.24, 2.45) is 5.92 Å². The first-order chi connectivity index (χ1) is 5.72. The Hall–Kier alpha value is -0.640. The second-order valence-corrected chi connectivity index (χ2v) is 3.25. The van der Waals surface area contributed by atoms with Crippen molar-refractivity contribution < 1.29 is 14.3 Å². The van der Waals surface area contributed by atoms with E-state index in [4.69, 9.17) is 5.11 Å². The minimum absolute atomic E-state index is 0.138. The van der Waals surface area contributed by atoms with Gasteiger partial charge >= 0.3 is 5.97 Å². The molecule has 0 spiro atoms. The summed E-state index contributed by atoms with van der Waals surface area (Å²) in [5.41, 5.74) is 0. The zero-order chi connectivity index (χ0) is 8.97. The fraction of sp³-hybridized carbons (Fsp3) is 0.875. The Morgan fingerprint density at radius 1 is 1.67 bits per heavy atom. The van der Waals surface area contributed by atoms with Crippen LogP contribution in [0.25, 0.3) is 0 Å². The van der Waals surface area contributed by atoms with E-state index in [1.807, 2.05) is 4.90 Å². The van der Waals surface area contributed by atoms with E-state index in [0.717, 1.165) is 19.5 Å². The van der Waals surface area contributed by atoms with Crippen LogP contribution in [0.5, 0.6) is 0 Å². The molecule has 0 aliphatic carbocycles. The maximum absolute atomic E-state index is 12.1. The maximum Gasteiger partial charge on any atom is 0.304 e. The van der Waals surface area contributed by atoms with Crippen LogP contribution in [0, 0.1) is 5.92 Å². The zero-order valence-corrected chi connectivity index (χ0v) is 7.00. The molecule has 0 aromatic rings. The molecule has 0 amide bonds. The number of nitrogens with zero attached hydrogens (tertiary/aromatic N) is 1. The molecule has 1 heterocycles. The van der Waals surface area contributed by atoms with Crippen molar-refractivity contribution in [3.05, 3.63) is 0 Å². The largest absolute Gasteiger partial charge is 0.481 e. The zero-order valence-electron chi connectivity index (χ0n) is 7.00. The Morgan fingerprint density at radius 2 is 2.42 bits per heavy atom. The van der Waals surface area contributed by atoms with Crippen molar-refractivity contribution in [2.45, 2.75) is 12.8 Å². The lowest BCUT2D eigenvalue weighted by molar-refractivity contribution is -0.137. The van der Waals surface area contributed by atoms with Crippen molar-refractivity contribution in [1.82, 2.24) is 4.90 Å². The molecule has 1 fully saturated rings. The second-order valence-electron chi connectivity index (χ2n) is 3.25. The van der Waals surface area contributed by atoms with E-state index in [1.54, 1.807) is 0 Å². The van der Waals surface area contributed by atoms with Gasteiger partial charge < -0.3 is 10.0 Å². The van der Waals surface area contributed by atoms with Gasteiger partial charge in [-0.15, -0.1) is 0 Å². The van der Waals surface area contributed by atoms with Crippen LogP contribution in [0.15, 0.2) is 0 Å². The average molecular weight is 175 g/mol. The van der Waals surface area contributed by atoms with Crippen LogP contribution in [0.4, 0.5) is 4.39 Å². The van der Waals surface area contributed by atoms with Crippen LogP contribution in [0.2, 0.25) is 0 Å². The summed E-state index contributed by atoms with van der Waals surface area (Å²) < 4.78 is 12.1. The third-order valence-corrected chi connectivity index (χ3v) is 2.23. The Bertz CT molecular complexity index is 163. The quantitative estimate of drug-likeness (QED) is 0.685. The molecular weight excluding hydrogens is 161 g/mol. The molecular formula is C8H14FNO2. The molecule has 70 valence electrons. The highest BCUT2D eigenvalue weighted by molar-refractivity contribution is 5.66. The first-order valence-electron chi connectivity index (χ1n) is 4.22. The molecule has 3 nitrogen and oxygen atoms in total. The van der Waals surface area contributed by atoms with Crippen LogP contribution < -0.4 is 0 Å². The number of likely N-dealkylation sites (tertiary alicyclic amines) is 1. The lowest BCUT2D eigenvalue weighted by atomic mass is 10.1. The van der Waals surface area contributed by atoms with Crippen molar-refractivity contribution in [3.63, 3.8) is 0 Å². The molecule has 0 aromatic heterocycles. The van der Waals surface area contributed by atoms with E-state index >= 15 is 0 Å². The smallest absolute Gasteiger partial charge is 0.304 e. The molecule has 1 rings (SSSR count). The number of carboxylic acids is 1. The van der Waals surface area contributed by atoms with Crippen LogP contribution >= 0.6 is 0 Å². The fourth-order valence-corrected chi connectivity index (χ4v) is 1.50. The van der Waals surface area contributed by atoms with E-state index < -0.39 is 5.97 Å². The van der Waals surface area contributed by atoms with Crippen LogP contribution in [-0.4, -0.2) is 42.3 Å². The molecule has 4 heteroatoms. The number of hydrogen-bond acceptors (Lipinski definition) is 2. The minimum atomic E-state index is -0.779. The topological polar surface area (TPSA) is 40.5 Å². The number of alkyl halides is 1. The molecule has 1 atom stereocenters. The lowest BCUT2D eigenvalue weighted by Crippen LogP contribution is -2.24. The van der Waals surface area contributed by atoms with E-state index in [0.29, 0.717) is 6.54 Å². The summed E-state index contributed by atoms with van der Waals surface area (Å²) in [6.07, 6.45) is 1.04. The summed E-state index contributed by atoms with van der Waals surface area (Å²) in [6.45, 7) is 1.86. The average Bonchev–Trinajstić information content (AvgIpc) is 2.48. The van der Waals surface area contributed by atoms with Gasteiger partial charge in [0.25, 0.3) is 0 Å². The summed E-state index contributed by atoms with van der Waals surface area (Å²) in [5.74, 6) is -0.641. The second kappa shape index (κ2) is 4.40. The highest BCUT2D eigenvalue weighted by Crippen LogP contribution is 2.16. The Labute approximate surface area is 71.2 Å². The first kappa shape index (κ1) is 9.45. The predicted octanol–water partition coefficient (Wildman–Crippen LogP) is 0.752. The Morgan fingerprint density at radius 3 is 2.92 bits per heavy atom. The van der Waals surface area contributed by atoms with Crippen molar-refractivity contribution in [3.8, 4) is 0 Å². The van der Waals surface area contributed by atoms with E-state index in [2.05, 4.69) is 0 Å². The van der Waals surface area contributed by atoms with Gasteiger partial charge in [0.05, 0.1) is 13.1 Å². The number of carbonyl (C=O) groups is 1. The highest BCUT2D eigenvalue weighted by Gasteiger charge is 2.21. The van der Waals surface area contributed by atoms with Gasteiger partial charge in [0.15, 0.2) is 0 Å². The molecule has 1 saturated heterocycles. The van der Waals surface area contributed by atoms with Crippen molar-refractivity contribution >= 4 is 5.97 Å². The first-order valence-corrected chi connectivity index (χ1v) is 4.22. The highest BCUT2D eigenvalue weighted by atomic mass is 19.1.